The molecule has 1 heterocycles. The summed E-state index contributed by atoms with van der Waals surface area (Å²) < 4.78 is 0. The topological polar surface area (TPSA) is 53.5 Å². The van der Waals surface area contributed by atoms with E-state index in [1.54, 1.807) is 0 Å². The van der Waals surface area contributed by atoms with Gasteiger partial charge in [0.05, 0.1) is 0 Å². The molecule has 0 bridgehead atoms. The van der Waals surface area contributed by atoms with Crippen molar-refractivity contribution in [2.45, 2.75) is 37.8 Å². The van der Waals surface area contributed by atoms with E-state index in [1.165, 1.54) is 18.4 Å². The largest absolute Gasteiger partial charge is 0.353 e. The Bertz CT molecular complexity index is 465. The molecule has 4 nitrogen and oxygen atoms in total. The number of carbonyl (C=O) groups excluding carboxylic acids is 1. The van der Waals surface area contributed by atoms with Crippen LogP contribution < -0.4 is 10.6 Å². The number of amides is 1. The zero-order valence-corrected chi connectivity index (χ0v) is 10.2. The van der Waals surface area contributed by atoms with Gasteiger partial charge in [-0.3, -0.25) is 10.1 Å². The molecule has 94 valence electrons. The first-order chi connectivity index (χ1) is 8.81. The smallest absolute Gasteiger partial charge is 0.251 e. The zero-order valence-electron chi connectivity index (χ0n) is 10.2. The lowest BCUT2D eigenvalue weighted by atomic mass is 10.1. The van der Waals surface area contributed by atoms with E-state index in [0.29, 0.717) is 12.0 Å². The van der Waals surface area contributed by atoms with Crippen LogP contribution in [0.4, 0.5) is 0 Å². The Balaban J connectivity index is 1.55. The summed E-state index contributed by atoms with van der Waals surface area (Å²) in [6.45, 7) is 0. The molecule has 1 fully saturated rings. The molecule has 0 saturated heterocycles. The van der Waals surface area contributed by atoms with Crippen molar-refractivity contribution in [1.82, 2.24) is 10.6 Å². The highest BCUT2D eigenvalue weighted by atomic mass is 16.2. The van der Waals surface area contributed by atoms with Crippen molar-refractivity contribution >= 4 is 11.9 Å². The molecule has 0 radical (unpaired) electrons. The molecule has 2 aliphatic rings. The summed E-state index contributed by atoms with van der Waals surface area (Å²) in [4.78, 5) is 16.2. The minimum Gasteiger partial charge on any atom is -0.353 e. The van der Waals surface area contributed by atoms with Gasteiger partial charge in [-0.15, -0.1) is 0 Å². The first-order valence-electron chi connectivity index (χ1n) is 6.50. The maximum Gasteiger partial charge on any atom is 0.251 e. The van der Waals surface area contributed by atoms with E-state index in [0.717, 1.165) is 12.8 Å². The summed E-state index contributed by atoms with van der Waals surface area (Å²) in [5.41, 5.74) is 1.25. The average molecular weight is 243 g/mol. The van der Waals surface area contributed by atoms with Crippen LogP contribution in [0, 0.1) is 0 Å². The standard InChI is InChI=1S/C14H17N3O/c18-13-12(9-6-10-4-2-1-3-5-10)16-14(17-13)15-11-7-8-11/h1-5,11-12H,6-9H2,(H2,15,16,17,18). The third-order valence-electron chi connectivity index (χ3n) is 3.30. The van der Waals surface area contributed by atoms with E-state index in [-0.39, 0.29) is 11.9 Å². The number of benzene rings is 1. The lowest BCUT2D eigenvalue weighted by Gasteiger charge is -2.04. The Morgan fingerprint density at radius 2 is 2.06 bits per heavy atom. The summed E-state index contributed by atoms with van der Waals surface area (Å²) in [6, 6.07) is 10.5. The van der Waals surface area contributed by atoms with Gasteiger partial charge < -0.3 is 5.32 Å². The molecular weight excluding hydrogens is 226 g/mol. The molecule has 2 N–H and O–H groups in total. The molecule has 1 aromatic carbocycles. The van der Waals surface area contributed by atoms with Crippen molar-refractivity contribution in [2.75, 3.05) is 0 Å². The minimum atomic E-state index is -0.230. The van der Waals surface area contributed by atoms with Crippen molar-refractivity contribution in [3.05, 3.63) is 35.9 Å². The van der Waals surface area contributed by atoms with Gasteiger partial charge in [-0.05, 0) is 31.2 Å². The molecule has 1 aliphatic carbocycles. The maximum absolute atomic E-state index is 11.7. The predicted octanol–water partition coefficient (Wildman–Crippen LogP) is 1.23. The van der Waals surface area contributed by atoms with Crippen LogP contribution in [0.25, 0.3) is 0 Å². The van der Waals surface area contributed by atoms with Crippen LogP contribution in [0.2, 0.25) is 0 Å². The highest BCUT2D eigenvalue weighted by Gasteiger charge is 2.29. The molecule has 1 aromatic rings. The fraction of sp³-hybridized carbons (Fsp3) is 0.429. The van der Waals surface area contributed by atoms with Gasteiger partial charge in [0.2, 0.25) is 0 Å². The van der Waals surface area contributed by atoms with Gasteiger partial charge in [-0.25, -0.2) is 4.99 Å². The van der Waals surface area contributed by atoms with Crippen molar-refractivity contribution in [3.8, 4) is 0 Å². The molecule has 1 aliphatic heterocycles. The fourth-order valence-electron chi connectivity index (χ4n) is 2.08. The lowest BCUT2D eigenvalue weighted by molar-refractivity contribution is -0.120. The monoisotopic (exact) mass is 243 g/mol. The van der Waals surface area contributed by atoms with Crippen LogP contribution in [0.1, 0.15) is 24.8 Å². The molecule has 1 unspecified atom stereocenters. The molecule has 0 spiro atoms. The first-order valence-corrected chi connectivity index (χ1v) is 6.50. The SMILES string of the molecule is O=C1NC(NC2CC2)=NC1CCc1ccccc1. The third kappa shape index (κ3) is 2.70. The fourth-order valence-corrected chi connectivity index (χ4v) is 2.08. The quantitative estimate of drug-likeness (QED) is 0.835. The van der Waals surface area contributed by atoms with Crippen molar-refractivity contribution in [2.24, 2.45) is 4.99 Å². The molecule has 18 heavy (non-hydrogen) atoms. The Hall–Kier alpha value is -1.84. The van der Waals surface area contributed by atoms with Crippen molar-refractivity contribution in [3.63, 3.8) is 0 Å². The van der Waals surface area contributed by atoms with Gasteiger partial charge in [-0.2, -0.15) is 0 Å². The molecular formula is C14H17N3O. The number of aliphatic imine (C=N–C) groups is 1. The number of hydrogen-bond donors (Lipinski definition) is 2. The number of nitrogens with zero attached hydrogens (tertiary/aromatic N) is 1. The van der Waals surface area contributed by atoms with Gasteiger partial charge in [0, 0.05) is 6.04 Å². The van der Waals surface area contributed by atoms with Gasteiger partial charge in [-0.1, -0.05) is 30.3 Å². The Kier molecular flexibility index (Phi) is 3.00. The van der Waals surface area contributed by atoms with Crippen LogP contribution in [0.15, 0.2) is 35.3 Å². The number of rotatable bonds is 4. The second-order valence-corrected chi connectivity index (χ2v) is 4.93. The van der Waals surface area contributed by atoms with E-state index in [4.69, 9.17) is 0 Å². The summed E-state index contributed by atoms with van der Waals surface area (Å²) >= 11 is 0. The van der Waals surface area contributed by atoms with Crippen LogP contribution in [-0.4, -0.2) is 24.0 Å². The van der Waals surface area contributed by atoms with E-state index >= 15 is 0 Å². The van der Waals surface area contributed by atoms with Crippen molar-refractivity contribution in [1.29, 1.82) is 0 Å². The number of guanidine groups is 1. The molecule has 0 aromatic heterocycles. The van der Waals surface area contributed by atoms with Gasteiger partial charge in [0.25, 0.3) is 5.91 Å². The Labute approximate surface area is 106 Å². The maximum atomic E-state index is 11.7. The minimum absolute atomic E-state index is 0.0223. The third-order valence-corrected chi connectivity index (χ3v) is 3.30. The van der Waals surface area contributed by atoms with Crippen LogP contribution in [-0.2, 0) is 11.2 Å². The zero-order chi connectivity index (χ0) is 12.4. The lowest BCUT2D eigenvalue weighted by Crippen LogP contribution is -2.38. The van der Waals surface area contributed by atoms with E-state index in [2.05, 4.69) is 27.8 Å². The molecule has 3 rings (SSSR count). The van der Waals surface area contributed by atoms with Crippen LogP contribution in [0.5, 0.6) is 0 Å². The highest BCUT2D eigenvalue weighted by molar-refractivity contribution is 6.04. The predicted molar refractivity (Wildman–Crippen MR) is 70.3 cm³/mol. The Morgan fingerprint density at radius 1 is 1.28 bits per heavy atom. The van der Waals surface area contributed by atoms with Gasteiger partial charge in [0.1, 0.15) is 6.04 Å². The first kappa shape index (κ1) is 11.3. The number of nitrogens with one attached hydrogen (secondary N) is 2. The average Bonchev–Trinajstić information content (AvgIpc) is 3.12. The van der Waals surface area contributed by atoms with Gasteiger partial charge >= 0.3 is 0 Å². The molecule has 1 saturated carbocycles. The van der Waals surface area contributed by atoms with E-state index in [9.17, 15) is 4.79 Å². The van der Waals surface area contributed by atoms with Crippen LogP contribution in [0.3, 0.4) is 0 Å². The number of aryl methyl sites for hydroxylation is 1. The van der Waals surface area contributed by atoms with Crippen LogP contribution >= 0.6 is 0 Å². The van der Waals surface area contributed by atoms with E-state index < -0.39 is 0 Å². The second-order valence-electron chi connectivity index (χ2n) is 4.93. The summed E-state index contributed by atoms with van der Waals surface area (Å²) in [5, 5.41) is 6.04. The number of hydrogen-bond acceptors (Lipinski definition) is 3. The highest BCUT2D eigenvalue weighted by Crippen LogP contribution is 2.19. The summed E-state index contributed by atoms with van der Waals surface area (Å²) in [5.74, 6) is 0.689. The van der Waals surface area contributed by atoms with Gasteiger partial charge in [0.15, 0.2) is 5.96 Å². The van der Waals surface area contributed by atoms with Crippen molar-refractivity contribution < 1.29 is 4.79 Å². The Morgan fingerprint density at radius 3 is 2.78 bits per heavy atom. The molecule has 4 heteroatoms. The second kappa shape index (κ2) is 4.80. The summed E-state index contributed by atoms with van der Waals surface area (Å²) in [7, 11) is 0. The normalized spacial score (nSPS) is 22.6. The summed E-state index contributed by atoms with van der Waals surface area (Å²) in [6.07, 6.45) is 4.03. The molecule has 1 atom stereocenters. The molecule has 1 amide bonds. The van der Waals surface area contributed by atoms with E-state index in [1.807, 2.05) is 18.2 Å². The number of carbonyl (C=O) groups is 1.